The third kappa shape index (κ3) is 3.97. The minimum atomic E-state index is 0.430. The summed E-state index contributed by atoms with van der Waals surface area (Å²) < 4.78 is 0.430. The Morgan fingerprint density at radius 2 is 2.07 bits per heavy atom. The highest BCUT2D eigenvalue weighted by molar-refractivity contribution is 8.00. The second kappa shape index (κ2) is 5.55. The van der Waals surface area contributed by atoms with E-state index >= 15 is 0 Å². The molecule has 1 atom stereocenters. The fourth-order valence-electron chi connectivity index (χ4n) is 2.33. The van der Waals surface area contributed by atoms with E-state index in [2.05, 4.69) is 56.7 Å². The van der Waals surface area contributed by atoms with Gasteiger partial charge in [0.15, 0.2) is 0 Å². The molecule has 1 aliphatic heterocycles. The first kappa shape index (κ1) is 13.3. The van der Waals surface area contributed by atoms with Crippen molar-refractivity contribution < 1.29 is 0 Å². The van der Waals surface area contributed by atoms with Crippen molar-refractivity contribution >= 4 is 11.8 Å². The van der Waals surface area contributed by atoms with Crippen LogP contribution in [-0.2, 0) is 0 Å². The molecule has 1 aliphatic rings. The van der Waals surface area contributed by atoms with Gasteiger partial charge in [0.2, 0.25) is 0 Å². The summed E-state index contributed by atoms with van der Waals surface area (Å²) in [5, 5.41) is 3.33. The molecule has 0 amide bonds. The van der Waals surface area contributed by atoms with Gasteiger partial charge in [0.05, 0.1) is 0 Å². The highest BCUT2D eigenvalue weighted by Gasteiger charge is 2.31. The quantitative estimate of drug-likeness (QED) is 0.796. The number of hydrogen-bond acceptors (Lipinski definition) is 3. The van der Waals surface area contributed by atoms with Crippen molar-refractivity contribution in [3.63, 3.8) is 0 Å². The third-order valence-electron chi connectivity index (χ3n) is 3.11. The van der Waals surface area contributed by atoms with E-state index < -0.39 is 0 Å². The van der Waals surface area contributed by atoms with Gasteiger partial charge in [0.25, 0.3) is 0 Å². The van der Waals surface area contributed by atoms with Gasteiger partial charge < -0.3 is 5.32 Å². The molecule has 1 saturated heterocycles. The van der Waals surface area contributed by atoms with Crippen molar-refractivity contribution in [2.45, 2.75) is 38.5 Å². The van der Waals surface area contributed by atoms with Gasteiger partial charge in [-0.3, -0.25) is 4.90 Å². The van der Waals surface area contributed by atoms with Gasteiger partial charge in [0, 0.05) is 36.2 Å². The normalized spacial score (nSPS) is 24.4. The van der Waals surface area contributed by atoms with Crippen molar-refractivity contribution in [1.82, 2.24) is 10.2 Å². The van der Waals surface area contributed by atoms with Gasteiger partial charge in [-0.25, -0.2) is 0 Å². The molecule has 0 aliphatic carbocycles. The van der Waals surface area contributed by atoms with E-state index in [1.807, 2.05) is 0 Å². The summed E-state index contributed by atoms with van der Waals surface area (Å²) in [6, 6.07) is 0.690. The SMILES string of the molecule is CNCC(C(C)C)N1CCSC(C)(C)C1. The highest BCUT2D eigenvalue weighted by atomic mass is 32.2. The van der Waals surface area contributed by atoms with Crippen LogP contribution >= 0.6 is 11.8 Å². The van der Waals surface area contributed by atoms with Gasteiger partial charge in [-0.05, 0) is 26.8 Å². The fraction of sp³-hybridized carbons (Fsp3) is 1.00. The number of thioether (sulfide) groups is 1. The first-order chi connectivity index (χ1) is 6.96. The first-order valence-corrected chi connectivity index (χ1v) is 6.97. The number of rotatable bonds is 4. The molecule has 1 fully saturated rings. The van der Waals surface area contributed by atoms with Crippen molar-refractivity contribution in [1.29, 1.82) is 0 Å². The molecule has 0 bridgehead atoms. The van der Waals surface area contributed by atoms with Crippen LogP contribution in [0, 0.1) is 5.92 Å². The van der Waals surface area contributed by atoms with Gasteiger partial charge in [-0.15, -0.1) is 0 Å². The Hall–Kier alpha value is 0.270. The first-order valence-electron chi connectivity index (χ1n) is 5.99. The summed E-state index contributed by atoms with van der Waals surface area (Å²) in [5.41, 5.74) is 0. The Kier molecular flexibility index (Phi) is 4.94. The standard InChI is InChI=1S/C12H26N2S/c1-10(2)11(8-13-5)14-6-7-15-12(3,4)9-14/h10-11,13H,6-9H2,1-5H3. The molecule has 0 aromatic rings. The predicted octanol–water partition coefficient (Wildman–Crippen LogP) is 2.06. The lowest BCUT2D eigenvalue weighted by Gasteiger charge is -2.43. The van der Waals surface area contributed by atoms with E-state index in [0.29, 0.717) is 10.8 Å². The molecular formula is C12H26N2S. The zero-order valence-corrected chi connectivity index (χ0v) is 11.7. The maximum atomic E-state index is 3.33. The van der Waals surface area contributed by atoms with E-state index in [-0.39, 0.29) is 0 Å². The number of hydrogen-bond donors (Lipinski definition) is 1. The van der Waals surface area contributed by atoms with Crippen LogP contribution < -0.4 is 5.32 Å². The van der Waals surface area contributed by atoms with Gasteiger partial charge in [0.1, 0.15) is 0 Å². The zero-order valence-electron chi connectivity index (χ0n) is 10.8. The van der Waals surface area contributed by atoms with Crippen molar-refractivity contribution in [2.24, 2.45) is 5.92 Å². The Morgan fingerprint density at radius 3 is 2.53 bits per heavy atom. The van der Waals surface area contributed by atoms with Gasteiger partial charge >= 0.3 is 0 Å². The monoisotopic (exact) mass is 230 g/mol. The van der Waals surface area contributed by atoms with Crippen LogP contribution in [0.25, 0.3) is 0 Å². The van der Waals surface area contributed by atoms with E-state index in [0.717, 1.165) is 12.5 Å². The zero-order chi connectivity index (χ0) is 11.5. The van der Waals surface area contributed by atoms with Crippen LogP contribution in [0.2, 0.25) is 0 Å². The average molecular weight is 230 g/mol. The molecule has 0 saturated carbocycles. The Balaban J connectivity index is 2.59. The number of likely N-dealkylation sites (N-methyl/N-ethyl adjacent to an activating group) is 1. The highest BCUT2D eigenvalue weighted by Crippen LogP contribution is 2.31. The van der Waals surface area contributed by atoms with Crippen LogP contribution in [0.1, 0.15) is 27.7 Å². The summed E-state index contributed by atoms with van der Waals surface area (Å²) in [6.45, 7) is 13.0. The van der Waals surface area contributed by atoms with Crippen LogP contribution in [-0.4, -0.2) is 48.1 Å². The second-order valence-electron chi connectivity index (χ2n) is 5.45. The lowest BCUT2D eigenvalue weighted by atomic mass is 10.0. The molecule has 0 radical (unpaired) electrons. The molecular weight excluding hydrogens is 204 g/mol. The third-order valence-corrected chi connectivity index (χ3v) is 4.40. The summed E-state index contributed by atoms with van der Waals surface area (Å²) in [4.78, 5) is 2.66. The van der Waals surface area contributed by atoms with Crippen LogP contribution in [0.15, 0.2) is 0 Å². The van der Waals surface area contributed by atoms with Gasteiger partial charge in [-0.2, -0.15) is 11.8 Å². The molecule has 1 rings (SSSR count). The van der Waals surface area contributed by atoms with Crippen LogP contribution in [0.4, 0.5) is 0 Å². The average Bonchev–Trinajstić information content (AvgIpc) is 2.11. The maximum Gasteiger partial charge on any atom is 0.0244 e. The largest absolute Gasteiger partial charge is 0.318 e. The molecule has 15 heavy (non-hydrogen) atoms. The summed E-state index contributed by atoms with van der Waals surface area (Å²) in [6.07, 6.45) is 0. The number of nitrogens with one attached hydrogen (secondary N) is 1. The minimum absolute atomic E-state index is 0.430. The molecule has 3 heteroatoms. The molecule has 1 N–H and O–H groups in total. The van der Waals surface area contributed by atoms with Crippen LogP contribution in [0.3, 0.4) is 0 Å². The molecule has 1 heterocycles. The van der Waals surface area contributed by atoms with Crippen molar-refractivity contribution in [3.05, 3.63) is 0 Å². The second-order valence-corrected chi connectivity index (χ2v) is 7.25. The summed E-state index contributed by atoms with van der Waals surface area (Å²) >= 11 is 2.11. The minimum Gasteiger partial charge on any atom is -0.318 e. The van der Waals surface area contributed by atoms with Gasteiger partial charge in [-0.1, -0.05) is 13.8 Å². The molecule has 0 aromatic heterocycles. The van der Waals surface area contributed by atoms with E-state index in [4.69, 9.17) is 0 Å². The van der Waals surface area contributed by atoms with E-state index in [9.17, 15) is 0 Å². The Labute approximate surface area is 99.2 Å². The van der Waals surface area contributed by atoms with E-state index in [1.54, 1.807) is 0 Å². The van der Waals surface area contributed by atoms with Crippen LogP contribution in [0.5, 0.6) is 0 Å². The van der Waals surface area contributed by atoms with Crippen molar-refractivity contribution in [2.75, 3.05) is 32.4 Å². The predicted molar refractivity (Wildman–Crippen MR) is 70.7 cm³/mol. The molecule has 0 aromatic carbocycles. The molecule has 1 unspecified atom stereocenters. The Morgan fingerprint density at radius 1 is 1.40 bits per heavy atom. The lowest BCUT2D eigenvalue weighted by molar-refractivity contribution is 0.146. The van der Waals surface area contributed by atoms with E-state index in [1.165, 1.54) is 18.8 Å². The molecule has 0 spiro atoms. The Bertz CT molecular complexity index is 192. The summed E-state index contributed by atoms with van der Waals surface area (Å²) in [7, 11) is 2.05. The molecule has 2 nitrogen and oxygen atoms in total. The molecule has 90 valence electrons. The lowest BCUT2D eigenvalue weighted by Crippen LogP contribution is -2.53. The topological polar surface area (TPSA) is 15.3 Å². The maximum absolute atomic E-state index is 3.33. The number of nitrogens with zero attached hydrogens (tertiary/aromatic N) is 1. The summed E-state index contributed by atoms with van der Waals surface area (Å²) in [5.74, 6) is 2.01. The smallest absolute Gasteiger partial charge is 0.0244 e. The van der Waals surface area contributed by atoms with Crippen molar-refractivity contribution in [3.8, 4) is 0 Å². The fourth-order valence-corrected chi connectivity index (χ4v) is 3.47.